The Morgan fingerprint density at radius 3 is 2.29 bits per heavy atom. The lowest BCUT2D eigenvalue weighted by molar-refractivity contribution is 0.0977. The molecule has 0 N–H and O–H groups in total. The summed E-state index contributed by atoms with van der Waals surface area (Å²) in [6.45, 7) is 5.80. The molecular formula is C19H21NO3S. The van der Waals surface area contributed by atoms with Crippen LogP contribution in [0.1, 0.15) is 22.3 Å². The summed E-state index contributed by atoms with van der Waals surface area (Å²) in [5.41, 5.74) is 1.58. The normalized spacial score (nSPS) is 11.4. The summed E-state index contributed by atoms with van der Waals surface area (Å²) in [6, 6.07) is 15.6. The molecule has 0 heterocycles. The summed E-state index contributed by atoms with van der Waals surface area (Å²) in [7, 11) is -3.65. The SMILES string of the molecule is C=CCN(CCC(=O)c1ccccc1)S(=O)(=O)c1ccc(C)cc1. The van der Waals surface area contributed by atoms with Gasteiger partial charge in [-0.1, -0.05) is 54.1 Å². The van der Waals surface area contributed by atoms with Gasteiger partial charge in [0.1, 0.15) is 0 Å². The Hall–Kier alpha value is -2.24. The van der Waals surface area contributed by atoms with Crippen LogP contribution in [0.2, 0.25) is 0 Å². The zero-order chi connectivity index (χ0) is 17.6. The zero-order valence-electron chi connectivity index (χ0n) is 13.7. The quantitative estimate of drug-likeness (QED) is 0.545. The van der Waals surface area contributed by atoms with Crippen LogP contribution in [0.15, 0.2) is 72.1 Å². The third kappa shape index (κ3) is 4.40. The summed E-state index contributed by atoms with van der Waals surface area (Å²) >= 11 is 0. The number of hydrogen-bond acceptors (Lipinski definition) is 3. The minimum atomic E-state index is -3.65. The number of sulfonamides is 1. The molecule has 2 aromatic rings. The molecule has 0 saturated carbocycles. The molecule has 2 rings (SSSR count). The van der Waals surface area contributed by atoms with E-state index in [2.05, 4.69) is 6.58 Å². The standard InChI is InChI=1S/C19H21NO3S/c1-3-14-20(15-13-19(21)17-7-5-4-6-8-17)24(22,23)18-11-9-16(2)10-12-18/h3-12H,1,13-15H2,2H3. The second-order valence-electron chi connectivity index (χ2n) is 5.50. The van der Waals surface area contributed by atoms with E-state index >= 15 is 0 Å². The lowest BCUT2D eigenvalue weighted by Gasteiger charge is -2.20. The predicted octanol–water partition coefficient (Wildman–Crippen LogP) is 3.44. The van der Waals surface area contributed by atoms with Crippen molar-refractivity contribution in [2.75, 3.05) is 13.1 Å². The first kappa shape index (κ1) is 18.1. The average molecular weight is 343 g/mol. The van der Waals surface area contributed by atoms with Crippen molar-refractivity contribution in [3.8, 4) is 0 Å². The molecule has 24 heavy (non-hydrogen) atoms. The summed E-state index contributed by atoms with van der Waals surface area (Å²) < 4.78 is 26.8. The van der Waals surface area contributed by atoms with E-state index in [9.17, 15) is 13.2 Å². The number of carbonyl (C=O) groups excluding carboxylic acids is 1. The highest BCUT2D eigenvalue weighted by atomic mass is 32.2. The van der Waals surface area contributed by atoms with Gasteiger partial charge in [0, 0.05) is 25.1 Å². The van der Waals surface area contributed by atoms with E-state index in [-0.39, 0.29) is 30.2 Å². The number of rotatable bonds is 8. The van der Waals surface area contributed by atoms with E-state index in [4.69, 9.17) is 0 Å². The van der Waals surface area contributed by atoms with Crippen LogP contribution in [0.25, 0.3) is 0 Å². The molecule has 0 aromatic heterocycles. The molecule has 0 aliphatic carbocycles. The van der Waals surface area contributed by atoms with Gasteiger partial charge in [-0.25, -0.2) is 8.42 Å². The fourth-order valence-corrected chi connectivity index (χ4v) is 3.72. The summed E-state index contributed by atoms with van der Waals surface area (Å²) in [5.74, 6) is -0.0798. The Kier molecular flexibility index (Phi) is 6.06. The van der Waals surface area contributed by atoms with Crippen molar-refractivity contribution in [1.82, 2.24) is 4.31 Å². The number of Topliss-reactive ketones (excluding diaryl/α,β-unsaturated/α-hetero) is 1. The number of aryl methyl sites for hydroxylation is 1. The van der Waals surface area contributed by atoms with Crippen molar-refractivity contribution in [2.24, 2.45) is 0 Å². The van der Waals surface area contributed by atoms with Gasteiger partial charge in [-0.2, -0.15) is 4.31 Å². The zero-order valence-corrected chi connectivity index (χ0v) is 14.5. The monoisotopic (exact) mass is 343 g/mol. The minimum absolute atomic E-state index is 0.0798. The Morgan fingerprint density at radius 1 is 1.08 bits per heavy atom. The molecule has 0 aliphatic rings. The van der Waals surface area contributed by atoms with E-state index in [0.29, 0.717) is 5.56 Å². The number of nitrogens with zero attached hydrogens (tertiary/aromatic N) is 1. The van der Waals surface area contributed by atoms with Crippen LogP contribution < -0.4 is 0 Å². The van der Waals surface area contributed by atoms with Gasteiger partial charge in [0.25, 0.3) is 0 Å². The largest absolute Gasteiger partial charge is 0.294 e. The van der Waals surface area contributed by atoms with Gasteiger partial charge in [-0.05, 0) is 19.1 Å². The maximum Gasteiger partial charge on any atom is 0.243 e. The van der Waals surface area contributed by atoms with Crippen molar-refractivity contribution in [3.05, 3.63) is 78.4 Å². The van der Waals surface area contributed by atoms with Crippen LogP contribution in [-0.4, -0.2) is 31.6 Å². The first-order valence-corrected chi connectivity index (χ1v) is 9.15. The van der Waals surface area contributed by atoms with Crippen LogP contribution in [0.3, 0.4) is 0 Å². The molecular weight excluding hydrogens is 322 g/mol. The fraction of sp³-hybridized carbons (Fsp3) is 0.211. The van der Waals surface area contributed by atoms with Crippen LogP contribution >= 0.6 is 0 Å². The second-order valence-corrected chi connectivity index (χ2v) is 7.44. The average Bonchev–Trinajstić information content (AvgIpc) is 2.59. The highest BCUT2D eigenvalue weighted by molar-refractivity contribution is 7.89. The van der Waals surface area contributed by atoms with E-state index in [1.54, 1.807) is 48.5 Å². The Morgan fingerprint density at radius 2 is 1.71 bits per heavy atom. The molecule has 0 spiro atoms. The summed E-state index contributed by atoms with van der Waals surface area (Å²) in [5, 5.41) is 0. The third-order valence-corrected chi connectivity index (χ3v) is 5.55. The smallest absolute Gasteiger partial charge is 0.243 e. The van der Waals surface area contributed by atoms with Crippen LogP contribution in [0, 0.1) is 6.92 Å². The lowest BCUT2D eigenvalue weighted by Crippen LogP contribution is -2.33. The molecule has 0 amide bonds. The van der Waals surface area contributed by atoms with Gasteiger partial charge in [-0.3, -0.25) is 4.79 Å². The number of hydrogen-bond donors (Lipinski definition) is 0. The summed E-state index contributed by atoms with van der Waals surface area (Å²) in [4.78, 5) is 12.4. The van der Waals surface area contributed by atoms with Gasteiger partial charge in [0.2, 0.25) is 10.0 Å². The molecule has 0 unspecified atom stereocenters. The first-order chi connectivity index (χ1) is 11.4. The maximum absolute atomic E-state index is 12.7. The van der Waals surface area contributed by atoms with Crippen molar-refractivity contribution >= 4 is 15.8 Å². The van der Waals surface area contributed by atoms with E-state index < -0.39 is 10.0 Å². The second kappa shape index (κ2) is 8.04. The topological polar surface area (TPSA) is 54.5 Å². The first-order valence-electron chi connectivity index (χ1n) is 7.71. The van der Waals surface area contributed by atoms with E-state index in [1.165, 1.54) is 10.4 Å². The fourth-order valence-electron chi connectivity index (χ4n) is 2.31. The number of benzene rings is 2. The highest BCUT2D eigenvalue weighted by Gasteiger charge is 2.24. The van der Waals surface area contributed by atoms with Crippen molar-refractivity contribution in [3.63, 3.8) is 0 Å². The lowest BCUT2D eigenvalue weighted by atomic mass is 10.1. The summed E-state index contributed by atoms with van der Waals surface area (Å²) in [6.07, 6.45) is 1.65. The molecule has 0 radical (unpaired) electrons. The number of carbonyl (C=O) groups is 1. The van der Waals surface area contributed by atoms with Crippen LogP contribution in [0.4, 0.5) is 0 Å². The Bertz CT molecular complexity index is 796. The third-order valence-electron chi connectivity index (χ3n) is 3.68. The van der Waals surface area contributed by atoms with Gasteiger partial charge in [0.05, 0.1) is 4.90 Å². The Balaban J connectivity index is 2.15. The molecule has 0 saturated heterocycles. The number of ketones is 1. The molecule has 0 bridgehead atoms. The maximum atomic E-state index is 12.7. The van der Waals surface area contributed by atoms with Gasteiger partial charge >= 0.3 is 0 Å². The minimum Gasteiger partial charge on any atom is -0.294 e. The molecule has 5 heteroatoms. The molecule has 4 nitrogen and oxygen atoms in total. The molecule has 126 valence electrons. The van der Waals surface area contributed by atoms with Crippen molar-refractivity contribution in [1.29, 1.82) is 0 Å². The van der Waals surface area contributed by atoms with Crippen molar-refractivity contribution < 1.29 is 13.2 Å². The van der Waals surface area contributed by atoms with E-state index in [0.717, 1.165) is 5.56 Å². The van der Waals surface area contributed by atoms with E-state index in [1.807, 2.05) is 13.0 Å². The van der Waals surface area contributed by atoms with Crippen LogP contribution in [0.5, 0.6) is 0 Å². The molecule has 0 aliphatic heterocycles. The molecule has 0 fully saturated rings. The van der Waals surface area contributed by atoms with Gasteiger partial charge in [-0.15, -0.1) is 6.58 Å². The van der Waals surface area contributed by atoms with Crippen LogP contribution in [-0.2, 0) is 10.0 Å². The predicted molar refractivity (Wildman–Crippen MR) is 95.5 cm³/mol. The molecule has 2 aromatic carbocycles. The highest BCUT2D eigenvalue weighted by Crippen LogP contribution is 2.17. The Labute approximate surface area is 143 Å². The van der Waals surface area contributed by atoms with Gasteiger partial charge < -0.3 is 0 Å². The van der Waals surface area contributed by atoms with Gasteiger partial charge in [0.15, 0.2) is 5.78 Å². The molecule has 0 atom stereocenters. The van der Waals surface area contributed by atoms with Crippen molar-refractivity contribution in [2.45, 2.75) is 18.2 Å².